The maximum absolute atomic E-state index is 13.6. The van der Waals surface area contributed by atoms with E-state index in [0.29, 0.717) is 17.1 Å². The van der Waals surface area contributed by atoms with Gasteiger partial charge in [0.05, 0.1) is 0 Å². The Morgan fingerprint density at radius 2 is 0.410 bits per heavy atom. The zero-order valence-corrected chi connectivity index (χ0v) is 31.1. The van der Waals surface area contributed by atoms with Crippen molar-refractivity contribution in [2.24, 2.45) is 0 Å². The molecular formula is C39H27BF15N3O3. The van der Waals surface area contributed by atoms with Gasteiger partial charge in [-0.25, -0.2) is 65.9 Å². The van der Waals surface area contributed by atoms with E-state index in [1.165, 1.54) is 57.5 Å². The number of nitrogens with zero attached hydrogens (tertiary/aromatic N) is 3. The van der Waals surface area contributed by atoms with Crippen LogP contribution in [-0.2, 0) is 0 Å². The van der Waals surface area contributed by atoms with Crippen LogP contribution in [0.3, 0.4) is 0 Å². The van der Waals surface area contributed by atoms with Gasteiger partial charge in [0.15, 0.2) is 69.8 Å². The second kappa shape index (κ2) is 21.2. The van der Waals surface area contributed by atoms with E-state index >= 15 is 0 Å². The van der Waals surface area contributed by atoms with Crippen LogP contribution in [0.15, 0.2) is 91.0 Å². The van der Waals surface area contributed by atoms with E-state index in [2.05, 4.69) is 0 Å². The minimum atomic E-state index is -2.17. The van der Waals surface area contributed by atoms with Crippen molar-refractivity contribution in [1.82, 2.24) is 0 Å². The molecule has 0 aliphatic heterocycles. The highest BCUT2D eigenvalue weighted by atomic mass is 19.2. The Labute approximate surface area is 336 Å². The summed E-state index contributed by atoms with van der Waals surface area (Å²) in [6.45, 7) is 0. The van der Waals surface area contributed by atoms with Crippen LogP contribution in [0.4, 0.5) is 100.0 Å². The van der Waals surface area contributed by atoms with E-state index in [-0.39, 0.29) is 0 Å². The standard InChI is InChI=1S/3C13H8F5N.BH3O3/c3*1-19(7-5-3-2-4-6-7)13-11(17)9(15)8(14)10(16)12(13)18;2-1(3)4/h3*2-6H,1H3;2-4H. The topological polar surface area (TPSA) is 70.4 Å². The quantitative estimate of drug-likeness (QED) is 0.0670. The molecule has 0 atom stereocenters. The molecule has 0 saturated carbocycles. The minimum absolute atomic E-state index is 0.297. The number of para-hydroxylation sites is 3. The average Bonchev–Trinajstić information content (AvgIpc) is 3.26. The van der Waals surface area contributed by atoms with Gasteiger partial charge in [0.25, 0.3) is 0 Å². The molecule has 0 fully saturated rings. The Bertz CT molecular complexity index is 2090. The van der Waals surface area contributed by atoms with E-state index in [9.17, 15) is 65.9 Å². The second-order valence-corrected chi connectivity index (χ2v) is 11.8. The maximum atomic E-state index is 13.6. The molecule has 0 bridgehead atoms. The Kier molecular flexibility index (Phi) is 17.0. The SMILES string of the molecule is CN(c1ccccc1)c1c(F)c(F)c(F)c(F)c1F.CN(c1ccccc1)c1c(F)c(F)c(F)c(F)c1F.CN(c1ccccc1)c1c(F)c(F)c(F)c(F)c1F.OB(O)O. The molecule has 22 heteroatoms. The number of anilines is 6. The van der Waals surface area contributed by atoms with Crippen molar-refractivity contribution in [2.45, 2.75) is 0 Å². The first-order chi connectivity index (χ1) is 28.6. The van der Waals surface area contributed by atoms with Crippen LogP contribution in [0.25, 0.3) is 0 Å². The number of hydrogen-bond acceptors (Lipinski definition) is 6. The molecular weight excluding hydrogens is 854 g/mol. The summed E-state index contributed by atoms with van der Waals surface area (Å²) in [4.78, 5) is 2.70. The number of rotatable bonds is 6. The van der Waals surface area contributed by atoms with Crippen LogP contribution in [0.5, 0.6) is 0 Å². The molecule has 0 amide bonds. The van der Waals surface area contributed by atoms with Crippen LogP contribution < -0.4 is 14.7 Å². The van der Waals surface area contributed by atoms with E-state index in [1.54, 1.807) is 54.6 Å². The van der Waals surface area contributed by atoms with E-state index < -0.39 is 112 Å². The molecule has 0 aromatic heterocycles. The van der Waals surface area contributed by atoms with Crippen molar-refractivity contribution in [3.63, 3.8) is 0 Å². The van der Waals surface area contributed by atoms with Crippen LogP contribution in [0, 0.1) is 87.3 Å². The van der Waals surface area contributed by atoms with Gasteiger partial charge in [0.2, 0.25) is 17.5 Å². The molecule has 0 aliphatic rings. The third kappa shape index (κ3) is 11.1. The van der Waals surface area contributed by atoms with Crippen LogP contribution in [0.2, 0.25) is 0 Å². The number of benzene rings is 6. The van der Waals surface area contributed by atoms with Gasteiger partial charge in [-0.1, -0.05) is 54.6 Å². The zero-order valence-electron chi connectivity index (χ0n) is 31.1. The van der Waals surface area contributed by atoms with Crippen LogP contribution >= 0.6 is 0 Å². The van der Waals surface area contributed by atoms with Crippen molar-refractivity contribution in [3.05, 3.63) is 178 Å². The summed E-state index contributed by atoms with van der Waals surface area (Å²) in [6.07, 6.45) is 0. The summed E-state index contributed by atoms with van der Waals surface area (Å²) in [5.74, 6) is -29.4. The van der Waals surface area contributed by atoms with Gasteiger partial charge >= 0.3 is 7.32 Å². The van der Waals surface area contributed by atoms with Gasteiger partial charge in [-0.05, 0) is 36.4 Å². The molecule has 6 nitrogen and oxygen atoms in total. The predicted octanol–water partition coefficient (Wildman–Crippen LogP) is 10.4. The monoisotopic (exact) mass is 881 g/mol. The molecule has 0 saturated heterocycles. The highest BCUT2D eigenvalue weighted by Crippen LogP contribution is 2.36. The summed E-state index contributed by atoms with van der Waals surface area (Å²) < 4.78 is 199. The van der Waals surface area contributed by atoms with E-state index in [4.69, 9.17) is 15.1 Å². The van der Waals surface area contributed by atoms with Crippen molar-refractivity contribution < 1.29 is 80.9 Å². The third-order valence-corrected chi connectivity index (χ3v) is 8.00. The molecule has 324 valence electrons. The molecule has 0 spiro atoms. The fourth-order valence-corrected chi connectivity index (χ4v) is 5.01. The van der Waals surface area contributed by atoms with Gasteiger partial charge in [-0.15, -0.1) is 0 Å². The van der Waals surface area contributed by atoms with Crippen molar-refractivity contribution in [2.75, 3.05) is 35.8 Å². The van der Waals surface area contributed by atoms with Gasteiger partial charge in [0, 0.05) is 38.2 Å². The third-order valence-electron chi connectivity index (χ3n) is 8.00. The largest absolute Gasteiger partial charge is 0.631 e. The Hall–Kier alpha value is -6.39. The van der Waals surface area contributed by atoms with Crippen LogP contribution in [0.1, 0.15) is 0 Å². The molecule has 0 heterocycles. The summed E-state index contributed by atoms with van der Waals surface area (Å²) in [6, 6.07) is 23.4. The molecule has 0 aliphatic carbocycles. The fraction of sp³-hybridized carbons (Fsp3) is 0.0769. The van der Waals surface area contributed by atoms with Crippen molar-refractivity contribution in [3.8, 4) is 0 Å². The fourth-order valence-electron chi connectivity index (χ4n) is 5.01. The smallest absolute Gasteiger partial charge is 0.402 e. The lowest BCUT2D eigenvalue weighted by atomic mass is 10.2. The zero-order chi connectivity index (χ0) is 46.0. The Morgan fingerprint density at radius 3 is 0.557 bits per heavy atom. The molecule has 0 radical (unpaired) electrons. The first-order valence-electron chi connectivity index (χ1n) is 16.5. The summed E-state index contributed by atoms with van der Waals surface area (Å²) in [7, 11) is 1.48. The first-order valence-corrected chi connectivity index (χ1v) is 16.5. The lowest BCUT2D eigenvalue weighted by molar-refractivity contribution is 0.278. The molecule has 61 heavy (non-hydrogen) atoms. The molecule has 6 aromatic rings. The Balaban J connectivity index is 0.000000233. The highest BCUT2D eigenvalue weighted by molar-refractivity contribution is 6.30. The molecule has 6 rings (SSSR count). The lowest BCUT2D eigenvalue weighted by Gasteiger charge is -2.21. The summed E-state index contributed by atoms with van der Waals surface area (Å²) in [5.41, 5.74) is -2.06. The van der Waals surface area contributed by atoms with E-state index in [0.717, 1.165) is 14.7 Å². The number of hydrogen-bond donors (Lipinski definition) is 3. The second-order valence-electron chi connectivity index (χ2n) is 11.8. The van der Waals surface area contributed by atoms with Gasteiger partial charge in [-0.2, -0.15) is 0 Å². The molecule has 0 unspecified atom stereocenters. The predicted molar refractivity (Wildman–Crippen MR) is 195 cm³/mol. The average molecular weight is 881 g/mol. The minimum Gasteiger partial charge on any atom is -0.402 e. The molecule has 3 N–H and O–H groups in total. The first kappa shape index (κ1) is 49.0. The molecule has 6 aromatic carbocycles. The van der Waals surface area contributed by atoms with E-state index in [1.807, 2.05) is 0 Å². The van der Waals surface area contributed by atoms with Crippen LogP contribution in [-0.4, -0.2) is 43.5 Å². The van der Waals surface area contributed by atoms with Gasteiger partial charge < -0.3 is 29.8 Å². The maximum Gasteiger partial charge on any atom is 0.631 e. The van der Waals surface area contributed by atoms with Gasteiger partial charge in [-0.3, -0.25) is 0 Å². The summed E-state index contributed by atoms with van der Waals surface area (Å²) >= 11 is 0. The highest BCUT2D eigenvalue weighted by Gasteiger charge is 2.30. The normalized spacial score (nSPS) is 10.4. The summed E-state index contributed by atoms with van der Waals surface area (Å²) in [5, 5.41) is 21.5. The van der Waals surface area contributed by atoms with Crippen molar-refractivity contribution in [1.29, 1.82) is 0 Å². The van der Waals surface area contributed by atoms with Gasteiger partial charge in [0.1, 0.15) is 17.1 Å². The van der Waals surface area contributed by atoms with Crippen molar-refractivity contribution >= 4 is 41.4 Å². The number of halogens is 15. The Morgan fingerprint density at radius 1 is 0.279 bits per heavy atom. The lowest BCUT2D eigenvalue weighted by Crippen LogP contribution is -2.16.